The lowest BCUT2D eigenvalue weighted by atomic mass is 10.0. The Balaban J connectivity index is 2.24. The zero-order chi connectivity index (χ0) is 9.68. The number of ether oxygens (including phenoxy) is 1. The summed E-state index contributed by atoms with van der Waals surface area (Å²) in [6.45, 7) is 5.38. The molecular formula is C10H22N2O. The minimum absolute atomic E-state index is 0.388. The maximum Gasteiger partial charge on any atom is 0.0477 e. The van der Waals surface area contributed by atoms with Crippen molar-refractivity contribution in [3.8, 4) is 0 Å². The number of likely N-dealkylation sites (tertiary alicyclic amines) is 1. The lowest BCUT2D eigenvalue weighted by Gasteiger charge is -2.35. The van der Waals surface area contributed by atoms with Crippen molar-refractivity contribution in [2.24, 2.45) is 5.73 Å². The molecule has 0 amide bonds. The Labute approximate surface area is 81.2 Å². The first-order chi connectivity index (χ1) is 6.24. The van der Waals surface area contributed by atoms with E-state index in [0.29, 0.717) is 12.1 Å². The van der Waals surface area contributed by atoms with Gasteiger partial charge in [-0.2, -0.15) is 0 Å². The van der Waals surface area contributed by atoms with Crippen molar-refractivity contribution in [1.29, 1.82) is 0 Å². The number of nitrogens with zero attached hydrogens (tertiary/aromatic N) is 1. The maximum absolute atomic E-state index is 5.92. The molecule has 0 bridgehead atoms. The molecule has 78 valence electrons. The quantitative estimate of drug-likeness (QED) is 0.707. The van der Waals surface area contributed by atoms with Crippen LogP contribution in [0.4, 0.5) is 0 Å². The number of nitrogens with two attached hydrogens (primary N) is 1. The molecule has 0 aliphatic carbocycles. The van der Waals surface area contributed by atoms with Crippen molar-refractivity contribution >= 4 is 0 Å². The fourth-order valence-electron chi connectivity index (χ4n) is 1.91. The second-order valence-corrected chi connectivity index (χ2v) is 4.03. The minimum atomic E-state index is 0.388. The van der Waals surface area contributed by atoms with Crippen LogP contribution in [-0.4, -0.2) is 43.8 Å². The molecule has 1 heterocycles. The normalized spacial score (nSPS) is 27.5. The lowest BCUT2D eigenvalue weighted by molar-refractivity contribution is 0.116. The molecule has 1 unspecified atom stereocenters. The van der Waals surface area contributed by atoms with E-state index in [2.05, 4.69) is 11.8 Å². The predicted octanol–water partition coefficient (Wildman–Crippen LogP) is 0.835. The smallest absolute Gasteiger partial charge is 0.0477 e. The molecule has 0 saturated carbocycles. The molecule has 3 nitrogen and oxygen atoms in total. The van der Waals surface area contributed by atoms with E-state index in [1.807, 2.05) is 0 Å². The third-order valence-electron chi connectivity index (χ3n) is 2.85. The lowest BCUT2D eigenvalue weighted by Crippen LogP contribution is -2.47. The van der Waals surface area contributed by atoms with Gasteiger partial charge in [0.15, 0.2) is 0 Å². The van der Waals surface area contributed by atoms with E-state index in [-0.39, 0.29) is 0 Å². The first-order valence-corrected chi connectivity index (χ1v) is 5.22. The molecule has 1 saturated heterocycles. The minimum Gasteiger partial charge on any atom is -0.385 e. The highest BCUT2D eigenvalue weighted by Crippen LogP contribution is 2.13. The van der Waals surface area contributed by atoms with Gasteiger partial charge in [-0.05, 0) is 32.7 Å². The van der Waals surface area contributed by atoms with Crippen LogP contribution in [0.1, 0.15) is 26.2 Å². The fourth-order valence-corrected chi connectivity index (χ4v) is 1.91. The van der Waals surface area contributed by atoms with Gasteiger partial charge in [0.2, 0.25) is 0 Å². The topological polar surface area (TPSA) is 38.5 Å². The van der Waals surface area contributed by atoms with Crippen molar-refractivity contribution in [2.45, 2.75) is 38.3 Å². The van der Waals surface area contributed by atoms with E-state index in [1.54, 1.807) is 7.11 Å². The van der Waals surface area contributed by atoms with E-state index in [1.165, 1.54) is 19.4 Å². The van der Waals surface area contributed by atoms with E-state index in [9.17, 15) is 0 Å². The molecule has 0 aromatic heterocycles. The van der Waals surface area contributed by atoms with Crippen LogP contribution in [0.3, 0.4) is 0 Å². The van der Waals surface area contributed by atoms with Crippen LogP contribution in [0.15, 0.2) is 0 Å². The first kappa shape index (κ1) is 11.0. The summed E-state index contributed by atoms with van der Waals surface area (Å²) in [4.78, 5) is 2.48. The molecule has 1 fully saturated rings. The highest BCUT2D eigenvalue weighted by atomic mass is 16.5. The Bertz CT molecular complexity index is 141. The second kappa shape index (κ2) is 5.58. The maximum atomic E-state index is 5.92. The number of hydrogen-bond acceptors (Lipinski definition) is 3. The SMILES string of the molecule is COCCC(C)N1CCC[C@@H](N)C1. The van der Waals surface area contributed by atoms with E-state index < -0.39 is 0 Å². The van der Waals surface area contributed by atoms with E-state index >= 15 is 0 Å². The summed E-state index contributed by atoms with van der Waals surface area (Å²) in [7, 11) is 1.76. The van der Waals surface area contributed by atoms with Crippen LogP contribution >= 0.6 is 0 Å². The average molecular weight is 186 g/mol. The predicted molar refractivity (Wildman–Crippen MR) is 54.7 cm³/mol. The summed E-state index contributed by atoms with van der Waals surface area (Å²) in [5.41, 5.74) is 5.92. The summed E-state index contributed by atoms with van der Waals surface area (Å²) in [5.74, 6) is 0. The summed E-state index contributed by atoms with van der Waals surface area (Å²) < 4.78 is 5.07. The van der Waals surface area contributed by atoms with Gasteiger partial charge in [0, 0.05) is 32.3 Å². The third-order valence-corrected chi connectivity index (χ3v) is 2.85. The summed E-state index contributed by atoms with van der Waals surface area (Å²) in [6, 6.07) is 1.00. The zero-order valence-electron chi connectivity index (χ0n) is 8.83. The van der Waals surface area contributed by atoms with Gasteiger partial charge in [-0.25, -0.2) is 0 Å². The molecule has 0 spiro atoms. The van der Waals surface area contributed by atoms with Gasteiger partial charge in [0.05, 0.1) is 0 Å². The Morgan fingerprint density at radius 1 is 1.62 bits per heavy atom. The monoisotopic (exact) mass is 186 g/mol. The molecular weight excluding hydrogens is 164 g/mol. The van der Waals surface area contributed by atoms with Crippen molar-refractivity contribution in [1.82, 2.24) is 4.90 Å². The van der Waals surface area contributed by atoms with Gasteiger partial charge >= 0.3 is 0 Å². The number of piperidine rings is 1. The van der Waals surface area contributed by atoms with Gasteiger partial charge in [0.25, 0.3) is 0 Å². The Hall–Kier alpha value is -0.120. The molecule has 2 N–H and O–H groups in total. The highest BCUT2D eigenvalue weighted by Gasteiger charge is 2.20. The molecule has 1 rings (SSSR count). The number of methoxy groups -OCH3 is 1. The van der Waals surface area contributed by atoms with Crippen molar-refractivity contribution in [3.05, 3.63) is 0 Å². The van der Waals surface area contributed by atoms with Crippen molar-refractivity contribution in [2.75, 3.05) is 26.8 Å². The molecule has 0 aromatic rings. The van der Waals surface area contributed by atoms with Gasteiger partial charge in [-0.15, -0.1) is 0 Å². The van der Waals surface area contributed by atoms with Gasteiger partial charge in [-0.1, -0.05) is 0 Å². The van der Waals surface area contributed by atoms with Crippen molar-refractivity contribution in [3.63, 3.8) is 0 Å². The Kier molecular flexibility index (Phi) is 4.70. The molecule has 3 heteroatoms. The van der Waals surface area contributed by atoms with Crippen molar-refractivity contribution < 1.29 is 4.74 Å². The van der Waals surface area contributed by atoms with Gasteiger partial charge in [-0.3, -0.25) is 4.90 Å². The highest BCUT2D eigenvalue weighted by molar-refractivity contribution is 4.78. The van der Waals surface area contributed by atoms with Crippen LogP contribution < -0.4 is 5.73 Å². The number of rotatable bonds is 4. The first-order valence-electron chi connectivity index (χ1n) is 5.22. The van der Waals surface area contributed by atoms with Crippen LogP contribution in [0.5, 0.6) is 0 Å². The van der Waals surface area contributed by atoms with Gasteiger partial charge in [0.1, 0.15) is 0 Å². The third kappa shape index (κ3) is 3.63. The molecule has 1 aliphatic rings. The Morgan fingerprint density at radius 2 is 2.38 bits per heavy atom. The van der Waals surface area contributed by atoms with Crippen LogP contribution in [0, 0.1) is 0 Å². The standard InChI is InChI=1S/C10H22N2O/c1-9(5-7-13-2)12-6-3-4-10(11)8-12/h9-10H,3-8,11H2,1-2H3/t9?,10-/m1/s1. The summed E-state index contributed by atoms with van der Waals surface area (Å²) in [5, 5.41) is 0. The molecule has 13 heavy (non-hydrogen) atoms. The fraction of sp³-hybridized carbons (Fsp3) is 1.00. The van der Waals surface area contributed by atoms with Crippen LogP contribution in [-0.2, 0) is 4.74 Å². The summed E-state index contributed by atoms with van der Waals surface area (Å²) in [6.07, 6.45) is 3.55. The van der Waals surface area contributed by atoms with E-state index in [4.69, 9.17) is 10.5 Å². The Morgan fingerprint density at radius 3 is 3.00 bits per heavy atom. The zero-order valence-corrected chi connectivity index (χ0v) is 8.83. The van der Waals surface area contributed by atoms with E-state index in [0.717, 1.165) is 19.6 Å². The van der Waals surface area contributed by atoms with Gasteiger partial charge < -0.3 is 10.5 Å². The van der Waals surface area contributed by atoms with Crippen LogP contribution in [0.2, 0.25) is 0 Å². The largest absolute Gasteiger partial charge is 0.385 e. The molecule has 0 radical (unpaired) electrons. The molecule has 2 atom stereocenters. The molecule has 1 aliphatic heterocycles. The average Bonchev–Trinajstić information content (AvgIpc) is 2.14. The van der Waals surface area contributed by atoms with Crippen LogP contribution in [0.25, 0.3) is 0 Å². The second-order valence-electron chi connectivity index (χ2n) is 4.03. The number of hydrogen-bond donors (Lipinski definition) is 1. The molecule has 0 aromatic carbocycles. The summed E-state index contributed by atoms with van der Waals surface area (Å²) >= 11 is 0.